The van der Waals surface area contributed by atoms with Crippen LogP contribution in [0.1, 0.15) is 26.3 Å². The lowest BCUT2D eigenvalue weighted by molar-refractivity contribution is -0.116. The molecule has 0 atom stereocenters. The van der Waals surface area contributed by atoms with E-state index in [2.05, 4.69) is 31.1 Å². The fourth-order valence-corrected chi connectivity index (χ4v) is 4.38. The molecular weight excluding hydrogens is 422 g/mol. The summed E-state index contributed by atoms with van der Waals surface area (Å²) in [4.78, 5) is 30.8. The number of amides is 1. The molecule has 7 heteroatoms. The number of ether oxygens (including phenoxy) is 1. The van der Waals surface area contributed by atoms with Crippen molar-refractivity contribution < 1.29 is 9.53 Å². The number of fused-ring (bicyclic) bond motifs is 1. The zero-order valence-corrected chi connectivity index (χ0v) is 19.3. The maximum atomic E-state index is 13.2. The van der Waals surface area contributed by atoms with Gasteiger partial charge in [0.25, 0.3) is 5.56 Å². The molecule has 32 heavy (non-hydrogen) atoms. The molecule has 0 aliphatic rings. The van der Waals surface area contributed by atoms with Crippen LogP contribution in [0, 0.1) is 0 Å². The van der Waals surface area contributed by atoms with E-state index in [4.69, 9.17) is 4.74 Å². The number of methoxy groups -OCH3 is 1. The van der Waals surface area contributed by atoms with Gasteiger partial charge in [0.05, 0.1) is 18.8 Å². The van der Waals surface area contributed by atoms with E-state index in [0.717, 1.165) is 16.9 Å². The van der Waals surface area contributed by atoms with Crippen LogP contribution in [0.4, 0.5) is 5.69 Å². The lowest BCUT2D eigenvalue weighted by Gasteiger charge is -2.19. The third-order valence-electron chi connectivity index (χ3n) is 5.31. The van der Waals surface area contributed by atoms with Gasteiger partial charge in [0, 0.05) is 16.6 Å². The fourth-order valence-electron chi connectivity index (χ4n) is 3.47. The summed E-state index contributed by atoms with van der Waals surface area (Å²) in [5.41, 5.74) is 3.39. The highest BCUT2D eigenvalue weighted by Crippen LogP contribution is 2.31. The van der Waals surface area contributed by atoms with Gasteiger partial charge in [-0.25, -0.2) is 4.98 Å². The lowest BCUT2D eigenvalue weighted by Crippen LogP contribution is -2.27. The van der Waals surface area contributed by atoms with Crippen LogP contribution in [-0.2, 0) is 16.8 Å². The van der Waals surface area contributed by atoms with Crippen molar-refractivity contribution in [1.82, 2.24) is 9.55 Å². The first-order valence-corrected chi connectivity index (χ1v) is 11.2. The Kier molecular flexibility index (Phi) is 5.84. The minimum Gasteiger partial charge on any atom is -0.497 e. The summed E-state index contributed by atoms with van der Waals surface area (Å²) in [6, 6.07) is 15.3. The van der Waals surface area contributed by atoms with Crippen molar-refractivity contribution in [3.05, 3.63) is 76.2 Å². The van der Waals surface area contributed by atoms with E-state index in [-0.39, 0.29) is 23.4 Å². The van der Waals surface area contributed by atoms with Gasteiger partial charge in [-0.1, -0.05) is 45.0 Å². The molecule has 0 saturated carbocycles. The van der Waals surface area contributed by atoms with Gasteiger partial charge in [0.2, 0.25) is 5.91 Å². The molecule has 164 valence electrons. The van der Waals surface area contributed by atoms with E-state index < -0.39 is 0 Å². The number of hydrogen-bond acceptors (Lipinski definition) is 5. The molecule has 0 unspecified atom stereocenters. The van der Waals surface area contributed by atoms with Crippen molar-refractivity contribution in [2.45, 2.75) is 32.7 Å². The van der Waals surface area contributed by atoms with Crippen molar-refractivity contribution in [3.8, 4) is 16.9 Å². The number of carbonyl (C=O) groups is 1. The Balaban J connectivity index is 1.57. The largest absolute Gasteiger partial charge is 0.497 e. The second-order valence-electron chi connectivity index (χ2n) is 8.61. The maximum absolute atomic E-state index is 13.2. The summed E-state index contributed by atoms with van der Waals surface area (Å²) in [5.74, 6) is 0.467. The summed E-state index contributed by atoms with van der Waals surface area (Å²) >= 11 is 1.41. The third-order valence-corrected chi connectivity index (χ3v) is 6.20. The van der Waals surface area contributed by atoms with Crippen molar-refractivity contribution in [3.63, 3.8) is 0 Å². The molecule has 0 saturated heterocycles. The minimum atomic E-state index is -0.280. The monoisotopic (exact) mass is 447 g/mol. The van der Waals surface area contributed by atoms with Gasteiger partial charge in [0.15, 0.2) is 0 Å². The number of hydrogen-bond donors (Lipinski definition) is 1. The van der Waals surface area contributed by atoms with Crippen LogP contribution in [0.3, 0.4) is 0 Å². The molecule has 0 spiro atoms. The Labute approximate surface area is 190 Å². The van der Waals surface area contributed by atoms with Crippen LogP contribution in [0.2, 0.25) is 0 Å². The maximum Gasteiger partial charge on any atom is 0.263 e. The number of nitrogens with zero attached hydrogens (tertiary/aromatic N) is 2. The average molecular weight is 448 g/mol. The van der Waals surface area contributed by atoms with Gasteiger partial charge in [-0.05, 0) is 40.8 Å². The molecule has 0 bridgehead atoms. The highest BCUT2D eigenvalue weighted by molar-refractivity contribution is 7.17. The third kappa shape index (κ3) is 4.43. The number of carbonyl (C=O) groups excluding carboxylic acids is 1. The zero-order valence-electron chi connectivity index (χ0n) is 18.5. The number of thiophene rings is 1. The second-order valence-corrected chi connectivity index (χ2v) is 9.47. The lowest BCUT2D eigenvalue weighted by atomic mass is 9.87. The van der Waals surface area contributed by atoms with Crippen molar-refractivity contribution >= 4 is 33.1 Å². The van der Waals surface area contributed by atoms with Crippen LogP contribution in [-0.4, -0.2) is 22.6 Å². The van der Waals surface area contributed by atoms with E-state index >= 15 is 0 Å². The van der Waals surface area contributed by atoms with Gasteiger partial charge in [0.1, 0.15) is 17.1 Å². The number of rotatable bonds is 5. The van der Waals surface area contributed by atoms with E-state index in [9.17, 15) is 9.59 Å². The molecule has 0 fully saturated rings. The smallest absolute Gasteiger partial charge is 0.263 e. The molecule has 2 aromatic heterocycles. The summed E-state index contributed by atoms with van der Waals surface area (Å²) in [6.45, 7) is 6.31. The zero-order chi connectivity index (χ0) is 22.9. The van der Waals surface area contributed by atoms with Gasteiger partial charge < -0.3 is 10.1 Å². The van der Waals surface area contributed by atoms with Crippen LogP contribution in [0.25, 0.3) is 21.3 Å². The topological polar surface area (TPSA) is 73.2 Å². The molecule has 1 N–H and O–H groups in total. The van der Waals surface area contributed by atoms with E-state index in [0.29, 0.717) is 15.9 Å². The normalized spacial score (nSPS) is 11.5. The van der Waals surface area contributed by atoms with Crippen LogP contribution in [0.5, 0.6) is 5.75 Å². The molecule has 2 aromatic carbocycles. The molecule has 6 nitrogen and oxygen atoms in total. The van der Waals surface area contributed by atoms with E-state index in [1.165, 1.54) is 27.8 Å². The second kappa shape index (κ2) is 8.59. The molecule has 2 heterocycles. The Bertz CT molecular complexity index is 1310. The first-order chi connectivity index (χ1) is 15.3. The summed E-state index contributed by atoms with van der Waals surface area (Å²) in [5, 5.41) is 5.30. The molecular formula is C25H25N3O3S. The highest BCUT2D eigenvalue weighted by atomic mass is 32.1. The molecule has 0 radical (unpaired) electrons. The number of anilines is 1. The van der Waals surface area contributed by atoms with Crippen molar-refractivity contribution in [1.29, 1.82) is 0 Å². The SMILES string of the molecule is COc1ccc(-c2csc3ncn(CC(=O)Nc4ccc(C(C)(C)C)cc4)c(=O)c23)cc1. The van der Waals surface area contributed by atoms with Crippen molar-refractivity contribution in [2.24, 2.45) is 0 Å². The van der Waals surface area contributed by atoms with Crippen LogP contribution >= 0.6 is 11.3 Å². The van der Waals surface area contributed by atoms with Gasteiger partial charge in [-0.3, -0.25) is 14.2 Å². The van der Waals surface area contributed by atoms with Crippen molar-refractivity contribution in [2.75, 3.05) is 12.4 Å². The first kappa shape index (κ1) is 21.8. The van der Waals surface area contributed by atoms with Gasteiger partial charge >= 0.3 is 0 Å². The standard InChI is InChI=1S/C25H25N3O3S/c1-25(2,3)17-7-9-18(10-8-17)27-21(29)13-28-15-26-23-22(24(28)30)20(14-32-23)16-5-11-19(31-4)12-6-16/h5-12,14-15H,13H2,1-4H3,(H,27,29). The molecule has 0 aliphatic heterocycles. The Morgan fingerprint density at radius 2 is 1.78 bits per heavy atom. The molecule has 0 aliphatic carbocycles. The van der Waals surface area contributed by atoms with Gasteiger partial charge in [-0.2, -0.15) is 0 Å². The predicted molar refractivity (Wildman–Crippen MR) is 130 cm³/mol. The average Bonchev–Trinajstić information content (AvgIpc) is 3.20. The molecule has 1 amide bonds. The quantitative estimate of drug-likeness (QED) is 0.464. The summed E-state index contributed by atoms with van der Waals surface area (Å²) < 4.78 is 6.56. The van der Waals surface area contributed by atoms with Crippen LogP contribution in [0.15, 0.2) is 65.0 Å². The van der Waals surface area contributed by atoms with Crippen LogP contribution < -0.4 is 15.6 Å². The summed E-state index contributed by atoms with van der Waals surface area (Å²) in [6.07, 6.45) is 1.43. The summed E-state index contributed by atoms with van der Waals surface area (Å²) in [7, 11) is 1.61. The molecule has 4 aromatic rings. The number of aromatic nitrogens is 2. The number of benzene rings is 2. The van der Waals surface area contributed by atoms with E-state index in [1.807, 2.05) is 53.9 Å². The fraction of sp³-hybridized carbons (Fsp3) is 0.240. The highest BCUT2D eigenvalue weighted by Gasteiger charge is 2.16. The Morgan fingerprint density at radius 1 is 1.09 bits per heavy atom. The number of nitrogens with one attached hydrogen (secondary N) is 1. The van der Waals surface area contributed by atoms with E-state index in [1.54, 1.807) is 7.11 Å². The van der Waals surface area contributed by atoms with Gasteiger partial charge in [-0.15, -0.1) is 11.3 Å². The minimum absolute atomic E-state index is 0.0407. The Hall–Kier alpha value is -3.45. The predicted octanol–water partition coefficient (Wildman–Crippen LogP) is 5.07. The Morgan fingerprint density at radius 3 is 2.41 bits per heavy atom. The first-order valence-electron chi connectivity index (χ1n) is 10.3. The molecule has 4 rings (SSSR count).